The van der Waals surface area contributed by atoms with E-state index in [2.05, 4.69) is 0 Å². The van der Waals surface area contributed by atoms with E-state index < -0.39 is 29.0 Å². The van der Waals surface area contributed by atoms with Crippen molar-refractivity contribution in [2.45, 2.75) is 0 Å². The van der Waals surface area contributed by atoms with Gasteiger partial charge in [-0.25, -0.2) is 18.0 Å². The molecule has 2 nitrogen and oxygen atoms in total. The van der Waals surface area contributed by atoms with Gasteiger partial charge in [-0.1, -0.05) is 11.6 Å². The molecule has 0 saturated heterocycles. The molecule has 98 valence electrons. The number of carboxylic acids is 1. The fourth-order valence-electron chi connectivity index (χ4n) is 1.62. The molecule has 2 rings (SSSR count). The van der Waals surface area contributed by atoms with Gasteiger partial charge in [-0.2, -0.15) is 0 Å². The van der Waals surface area contributed by atoms with Crippen LogP contribution in [0.5, 0.6) is 0 Å². The lowest BCUT2D eigenvalue weighted by Gasteiger charge is -2.08. The molecule has 0 spiro atoms. The lowest BCUT2D eigenvalue weighted by Crippen LogP contribution is -2.01. The lowest BCUT2D eigenvalue weighted by atomic mass is 10.0. The zero-order valence-corrected chi connectivity index (χ0v) is 10.0. The van der Waals surface area contributed by atoms with Crippen LogP contribution in [-0.4, -0.2) is 11.1 Å². The number of hydrogen-bond donors (Lipinski definition) is 1. The normalized spacial score (nSPS) is 10.5. The highest BCUT2D eigenvalue weighted by Crippen LogP contribution is 2.32. The van der Waals surface area contributed by atoms with E-state index in [1.165, 1.54) is 0 Å². The Hall–Kier alpha value is -2.01. The number of benzene rings is 2. The number of rotatable bonds is 2. The first kappa shape index (κ1) is 13.4. The third kappa shape index (κ3) is 2.56. The molecule has 0 bridgehead atoms. The monoisotopic (exact) mass is 286 g/mol. The summed E-state index contributed by atoms with van der Waals surface area (Å²) in [4.78, 5) is 10.7. The van der Waals surface area contributed by atoms with E-state index in [4.69, 9.17) is 16.7 Å². The summed E-state index contributed by atoms with van der Waals surface area (Å²) in [6.07, 6.45) is 0. The second-order valence-corrected chi connectivity index (χ2v) is 4.15. The quantitative estimate of drug-likeness (QED) is 0.901. The smallest absolute Gasteiger partial charge is 0.338 e. The van der Waals surface area contributed by atoms with Crippen molar-refractivity contribution in [2.75, 3.05) is 0 Å². The summed E-state index contributed by atoms with van der Waals surface area (Å²) >= 11 is 5.79. The summed E-state index contributed by atoms with van der Waals surface area (Å²) in [5.41, 5.74) is -0.979. The van der Waals surface area contributed by atoms with Gasteiger partial charge in [-0.05, 0) is 30.3 Å². The number of carbonyl (C=O) groups is 1. The number of hydrogen-bond acceptors (Lipinski definition) is 1. The Kier molecular flexibility index (Phi) is 3.48. The average molecular weight is 287 g/mol. The van der Waals surface area contributed by atoms with E-state index in [9.17, 15) is 18.0 Å². The molecule has 0 radical (unpaired) electrons. The van der Waals surface area contributed by atoms with Gasteiger partial charge in [0.15, 0.2) is 0 Å². The highest BCUT2D eigenvalue weighted by atomic mass is 35.5. The Morgan fingerprint density at radius 1 is 1.00 bits per heavy atom. The molecule has 0 atom stereocenters. The van der Waals surface area contributed by atoms with Crippen LogP contribution < -0.4 is 0 Å². The Morgan fingerprint density at radius 3 is 2.32 bits per heavy atom. The van der Waals surface area contributed by atoms with E-state index in [0.29, 0.717) is 0 Å². The first-order valence-corrected chi connectivity index (χ1v) is 5.45. The van der Waals surface area contributed by atoms with Gasteiger partial charge < -0.3 is 5.11 Å². The van der Waals surface area contributed by atoms with Crippen LogP contribution in [0.2, 0.25) is 5.02 Å². The van der Waals surface area contributed by atoms with Crippen LogP contribution in [0.4, 0.5) is 13.2 Å². The Bertz CT molecular complexity index is 671. The summed E-state index contributed by atoms with van der Waals surface area (Å²) < 4.78 is 40.2. The van der Waals surface area contributed by atoms with Gasteiger partial charge in [-0.15, -0.1) is 0 Å². The van der Waals surface area contributed by atoms with Crippen molar-refractivity contribution in [3.63, 3.8) is 0 Å². The maximum atomic E-state index is 13.6. The van der Waals surface area contributed by atoms with Crippen LogP contribution in [0, 0.1) is 17.5 Å². The predicted molar refractivity (Wildman–Crippen MR) is 63.7 cm³/mol. The van der Waals surface area contributed by atoms with E-state index in [1.54, 1.807) is 0 Å². The largest absolute Gasteiger partial charge is 0.478 e. The second kappa shape index (κ2) is 4.93. The standard InChI is InChI=1S/C13H6ClF3O2/c14-10-4-9(13(18)19)12(17)5-7(10)8-3-6(15)1-2-11(8)16/h1-5H,(H,18,19). The second-order valence-electron chi connectivity index (χ2n) is 3.74. The molecule has 19 heavy (non-hydrogen) atoms. The van der Waals surface area contributed by atoms with E-state index in [0.717, 1.165) is 30.3 Å². The molecule has 2 aromatic rings. The van der Waals surface area contributed by atoms with Crippen LogP contribution in [0.3, 0.4) is 0 Å². The fraction of sp³-hybridized carbons (Fsp3) is 0. The van der Waals surface area contributed by atoms with Gasteiger partial charge in [0.05, 0.1) is 5.56 Å². The maximum Gasteiger partial charge on any atom is 0.338 e. The molecule has 0 amide bonds. The van der Waals surface area contributed by atoms with E-state index >= 15 is 0 Å². The van der Waals surface area contributed by atoms with Crippen molar-refractivity contribution in [3.05, 3.63) is 58.4 Å². The zero-order chi connectivity index (χ0) is 14.2. The van der Waals surface area contributed by atoms with Crippen molar-refractivity contribution in [1.29, 1.82) is 0 Å². The summed E-state index contributed by atoms with van der Waals surface area (Å²) in [6.45, 7) is 0. The molecule has 0 unspecified atom stereocenters. The maximum absolute atomic E-state index is 13.6. The van der Waals surface area contributed by atoms with Crippen LogP contribution >= 0.6 is 11.6 Å². The minimum absolute atomic E-state index is 0.110. The van der Waals surface area contributed by atoms with Crippen molar-refractivity contribution in [2.24, 2.45) is 0 Å². The number of halogens is 4. The minimum atomic E-state index is -1.49. The SMILES string of the molecule is O=C(O)c1cc(Cl)c(-c2cc(F)ccc2F)cc1F. The van der Waals surface area contributed by atoms with E-state index in [-0.39, 0.29) is 16.1 Å². The molecule has 0 aliphatic carbocycles. The van der Waals surface area contributed by atoms with Crippen LogP contribution in [0.15, 0.2) is 30.3 Å². The van der Waals surface area contributed by atoms with Gasteiger partial charge >= 0.3 is 5.97 Å². The summed E-state index contributed by atoms with van der Waals surface area (Å²) in [5, 5.41) is 8.54. The van der Waals surface area contributed by atoms with Gasteiger partial charge in [0.1, 0.15) is 17.5 Å². The first-order chi connectivity index (χ1) is 8.90. The molecule has 1 N–H and O–H groups in total. The van der Waals surface area contributed by atoms with Crippen LogP contribution in [0.25, 0.3) is 11.1 Å². The lowest BCUT2D eigenvalue weighted by molar-refractivity contribution is 0.0692. The number of carboxylic acid groups (broad SMARTS) is 1. The van der Waals surface area contributed by atoms with Crippen molar-refractivity contribution in [3.8, 4) is 11.1 Å². The first-order valence-electron chi connectivity index (χ1n) is 5.08. The molecule has 0 aromatic heterocycles. The molecule has 6 heteroatoms. The summed E-state index contributed by atoms with van der Waals surface area (Å²) in [5.74, 6) is -4.07. The molecule has 0 heterocycles. The van der Waals surface area contributed by atoms with Gasteiger partial charge in [0, 0.05) is 16.1 Å². The van der Waals surface area contributed by atoms with Crippen molar-refractivity contribution in [1.82, 2.24) is 0 Å². The predicted octanol–water partition coefficient (Wildman–Crippen LogP) is 4.12. The molecular weight excluding hydrogens is 281 g/mol. The van der Waals surface area contributed by atoms with E-state index in [1.807, 2.05) is 0 Å². The summed E-state index contributed by atoms with van der Waals surface area (Å²) in [6, 6.07) is 4.28. The van der Waals surface area contributed by atoms with Crippen LogP contribution in [0.1, 0.15) is 10.4 Å². The zero-order valence-electron chi connectivity index (χ0n) is 9.25. The molecule has 2 aromatic carbocycles. The topological polar surface area (TPSA) is 37.3 Å². The third-order valence-corrected chi connectivity index (χ3v) is 2.82. The molecular formula is C13H6ClF3O2. The highest BCUT2D eigenvalue weighted by Gasteiger charge is 2.17. The third-order valence-electron chi connectivity index (χ3n) is 2.51. The minimum Gasteiger partial charge on any atom is -0.478 e. The van der Waals surface area contributed by atoms with Gasteiger partial charge in [0.2, 0.25) is 0 Å². The average Bonchev–Trinajstić information content (AvgIpc) is 2.34. The molecule has 0 fully saturated rings. The molecule has 0 aliphatic rings. The Balaban J connectivity index is 2.67. The fourth-order valence-corrected chi connectivity index (χ4v) is 1.89. The Labute approximate surface area is 111 Å². The van der Waals surface area contributed by atoms with Gasteiger partial charge in [-0.3, -0.25) is 0 Å². The van der Waals surface area contributed by atoms with Gasteiger partial charge in [0.25, 0.3) is 0 Å². The van der Waals surface area contributed by atoms with Crippen molar-refractivity contribution < 1.29 is 23.1 Å². The molecule has 0 saturated carbocycles. The summed E-state index contributed by atoms with van der Waals surface area (Å²) in [7, 11) is 0. The van der Waals surface area contributed by atoms with Crippen molar-refractivity contribution >= 4 is 17.6 Å². The number of aromatic carboxylic acids is 1. The highest BCUT2D eigenvalue weighted by molar-refractivity contribution is 6.33. The Morgan fingerprint density at radius 2 is 1.68 bits per heavy atom. The molecule has 0 aliphatic heterocycles. The van der Waals surface area contributed by atoms with Crippen LogP contribution in [-0.2, 0) is 0 Å².